The lowest BCUT2D eigenvalue weighted by Crippen LogP contribution is -2.30. The van der Waals surface area contributed by atoms with E-state index in [1.165, 1.54) is 4.90 Å². The molecule has 1 heterocycles. The molecule has 6 nitrogen and oxygen atoms in total. The predicted octanol–water partition coefficient (Wildman–Crippen LogP) is 4.93. The third-order valence-corrected chi connectivity index (χ3v) is 4.66. The van der Waals surface area contributed by atoms with Crippen LogP contribution in [0.15, 0.2) is 42.1 Å². The van der Waals surface area contributed by atoms with Crippen LogP contribution in [0, 0.1) is 6.92 Å². The van der Waals surface area contributed by atoms with E-state index in [9.17, 15) is 9.59 Å². The van der Waals surface area contributed by atoms with Crippen LogP contribution >= 0.6 is 11.6 Å². The molecule has 0 bridgehead atoms. The number of rotatable bonds is 7. The Morgan fingerprint density at radius 3 is 2.63 bits per heavy atom. The number of carbonyl (C=O) groups is 2. The summed E-state index contributed by atoms with van der Waals surface area (Å²) in [5.41, 5.74) is 2.76. The van der Waals surface area contributed by atoms with Crippen LogP contribution < -0.4 is 14.8 Å². The molecule has 30 heavy (non-hydrogen) atoms. The second-order valence-corrected chi connectivity index (χ2v) is 7.71. The highest BCUT2D eigenvalue weighted by atomic mass is 35.5. The average molecular weight is 429 g/mol. The molecule has 2 aromatic rings. The Hall–Kier alpha value is -2.99. The molecule has 0 aromatic heterocycles. The molecule has 7 heteroatoms. The van der Waals surface area contributed by atoms with Crippen LogP contribution in [0.1, 0.15) is 37.5 Å². The Balaban J connectivity index is 1.87. The van der Waals surface area contributed by atoms with Crippen LogP contribution in [0.5, 0.6) is 11.5 Å². The molecule has 1 fully saturated rings. The zero-order chi connectivity index (χ0) is 21.8. The molecule has 0 atom stereocenters. The highest BCUT2D eigenvalue weighted by molar-refractivity contribution is 6.32. The SMILES string of the molecule is CCOc1cc(/C=C2/NC(=O)N(Cc3cccc(C)c3)C2=O)cc(Cl)c1OC(C)C. The van der Waals surface area contributed by atoms with Gasteiger partial charge in [0.15, 0.2) is 11.5 Å². The summed E-state index contributed by atoms with van der Waals surface area (Å²) >= 11 is 6.40. The van der Waals surface area contributed by atoms with Gasteiger partial charge in [-0.25, -0.2) is 4.79 Å². The van der Waals surface area contributed by atoms with Gasteiger partial charge in [-0.3, -0.25) is 9.69 Å². The first-order chi connectivity index (χ1) is 14.3. The molecule has 0 spiro atoms. The van der Waals surface area contributed by atoms with E-state index in [0.29, 0.717) is 28.7 Å². The second-order valence-electron chi connectivity index (χ2n) is 7.30. The van der Waals surface area contributed by atoms with Crippen LogP contribution in [0.2, 0.25) is 5.02 Å². The van der Waals surface area contributed by atoms with E-state index in [1.807, 2.05) is 52.0 Å². The first-order valence-electron chi connectivity index (χ1n) is 9.81. The Morgan fingerprint density at radius 2 is 1.97 bits per heavy atom. The van der Waals surface area contributed by atoms with Crippen molar-refractivity contribution in [3.8, 4) is 11.5 Å². The van der Waals surface area contributed by atoms with E-state index < -0.39 is 11.9 Å². The van der Waals surface area contributed by atoms with Crippen molar-refractivity contribution in [2.75, 3.05) is 6.61 Å². The summed E-state index contributed by atoms with van der Waals surface area (Å²) < 4.78 is 11.4. The fourth-order valence-corrected chi connectivity index (χ4v) is 3.42. The monoisotopic (exact) mass is 428 g/mol. The Labute approximate surface area is 181 Å². The zero-order valence-corrected chi connectivity index (χ0v) is 18.2. The Morgan fingerprint density at radius 1 is 1.20 bits per heavy atom. The number of hydrogen-bond acceptors (Lipinski definition) is 4. The number of ether oxygens (including phenoxy) is 2. The maximum atomic E-state index is 12.8. The smallest absolute Gasteiger partial charge is 0.329 e. The fraction of sp³-hybridized carbons (Fsp3) is 0.304. The van der Waals surface area contributed by atoms with Gasteiger partial charge in [0.25, 0.3) is 5.91 Å². The van der Waals surface area contributed by atoms with E-state index in [-0.39, 0.29) is 18.3 Å². The summed E-state index contributed by atoms with van der Waals surface area (Å²) in [4.78, 5) is 26.4. The number of urea groups is 1. The molecule has 3 amide bonds. The number of imide groups is 1. The van der Waals surface area contributed by atoms with E-state index >= 15 is 0 Å². The molecule has 1 aliphatic heterocycles. The number of nitrogens with one attached hydrogen (secondary N) is 1. The van der Waals surface area contributed by atoms with Crippen LogP contribution in [0.3, 0.4) is 0 Å². The summed E-state index contributed by atoms with van der Waals surface area (Å²) in [6, 6.07) is 10.7. The van der Waals surface area contributed by atoms with Crippen molar-refractivity contribution in [2.45, 2.75) is 40.3 Å². The van der Waals surface area contributed by atoms with Gasteiger partial charge in [0.2, 0.25) is 0 Å². The summed E-state index contributed by atoms with van der Waals surface area (Å²) in [5, 5.41) is 3.01. The van der Waals surface area contributed by atoms with Crippen LogP contribution in [0.4, 0.5) is 4.79 Å². The van der Waals surface area contributed by atoms with Crippen molar-refractivity contribution in [3.63, 3.8) is 0 Å². The normalized spacial score (nSPS) is 15.1. The van der Waals surface area contributed by atoms with Gasteiger partial charge in [0.05, 0.1) is 24.3 Å². The van der Waals surface area contributed by atoms with Crippen LogP contribution in [-0.2, 0) is 11.3 Å². The van der Waals surface area contributed by atoms with Gasteiger partial charge in [0, 0.05) is 0 Å². The highest BCUT2D eigenvalue weighted by Crippen LogP contribution is 2.38. The van der Waals surface area contributed by atoms with Gasteiger partial charge in [-0.1, -0.05) is 41.4 Å². The summed E-state index contributed by atoms with van der Waals surface area (Å²) in [6.07, 6.45) is 1.51. The maximum Gasteiger partial charge on any atom is 0.329 e. The number of halogens is 1. The van der Waals surface area contributed by atoms with Gasteiger partial charge < -0.3 is 14.8 Å². The summed E-state index contributed by atoms with van der Waals surface area (Å²) in [6.45, 7) is 8.27. The fourth-order valence-electron chi connectivity index (χ4n) is 3.16. The molecule has 0 saturated carbocycles. The van der Waals surface area contributed by atoms with E-state index in [4.69, 9.17) is 21.1 Å². The number of nitrogens with zero attached hydrogens (tertiary/aromatic N) is 1. The third kappa shape index (κ3) is 4.94. The Kier molecular flexibility index (Phi) is 6.67. The molecule has 0 unspecified atom stereocenters. The van der Waals surface area contributed by atoms with E-state index in [1.54, 1.807) is 18.2 Å². The molecule has 0 aliphatic carbocycles. The highest BCUT2D eigenvalue weighted by Gasteiger charge is 2.33. The van der Waals surface area contributed by atoms with Gasteiger partial charge in [-0.2, -0.15) is 0 Å². The molecule has 0 radical (unpaired) electrons. The van der Waals surface area contributed by atoms with Crippen molar-refractivity contribution in [3.05, 3.63) is 63.8 Å². The van der Waals surface area contributed by atoms with Crippen LogP contribution in [-0.4, -0.2) is 29.5 Å². The molecule has 2 aromatic carbocycles. The first kappa shape index (κ1) is 21.7. The molecule has 1 saturated heterocycles. The lowest BCUT2D eigenvalue weighted by Gasteiger charge is -2.16. The maximum absolute atomic E-state index is 12.8. The van der Waals surface area contributed by atoms with Crippen molar-refractivity contribution in [1.29, 1.82) is 0 Å². The molecule has 158 valence electrons. The number of carbonyl (C=O) groups excluding carboxylic acids is 2. The van der Waals surface area contributed by atoms with Gasteiger partial charge >= 0.3 is 6.03 Å². The molecule has 1 aliphatic rings. The minimum Gasteiger partial charge on any atom is -0.490 e. The van der Waals surface area contributed by atoms with Crippen molar-refractivity contribution >= 4 is 29.6 Å². The van der Waals surface area contributed by atoms with Gasteiger partial charge in [0.1, 0.15) is 5.70 Å². The Bertz CT molecular complexity index is 1000. The quantitative estimate of drug-likeness (QED) is 0.501. The van der Waals surface area contributed by atoms with Crippen molar-refractivity contribution in [1.82, 2.24) is 10.2 Å². The lowest BCUT2D eigenvalue weighted by atomic mass is 10.1. The molecular weight excluding hydrogens is 404 g/mol. The lowest BCUT2D eigenvalue weighted by molar-refractivity contribution is -0.123. The second kappa shape index (κ2) is 9.22. The molecule has 3 rings (SSSR count). The van der Waals surface area contributed by atoms with Crippen molar-refractivity contribution < 1.29 is 19.1 Å². The number of benzene rings is 2. The van der Waals surface area contributed by atoms with Gasteiger partial charge in [-0.15, -0.1) is 0 Å². The van der Waals surface area contributed by atoms with Crippen LogP contribution in [0.25, 0.3) is 6.08 Å². The first-order valence-corrected chi connectivity index (χ1v) is 10.2. The van der Waals surface area contributed by atoms with Crippen molar-refractivity contribution in [2.24, 2.45) is 0 Å². The third-order valence-electron chi connectivity index (χ3n) is 4.38. The van der Waals surface area contributed by atoms with Gasteiger partial charge in [-0.05, 0) is 57.0 Å². The molecular formula is C23H25ClN2O4. The molecule has 1 N–H and O–H groups in total. The number of aryl methyl sites for hydroxylation is 1. The summed E-state index contributed by atoms with van der Waals surface area (Å²) in [7, 11) is 0. The summed E-state index contributed by atoms with van der Waals surface area (Å²) in [5.74, 6) is 0.551. The zero-order valence-electron chi connectivity index (χ0n) is 17.5. The topological polar surface area (TPSA) is 67.9 Å². The number of hydrogen-bond donors (Lipinski definition) is 1. The minimum atomic E-state index is -0.455. The number of amides is 3. The average Bonchev–Trinajstić information content (AvgIpc) is 2.92. The van der Waals surface area contributed by atoms with E-state index in [0.717, 1.165) is 11.1 Å². The van der Waals surface area contributed by atoms with E-state index in [2.05, 4.69) is 5.32 Å². The standard InChI is InChI=1S/C23H25ClN2O4/c1-5-29-20-12-17(10-18(24)21(20)30-14(2)3)11-19-22(27)26(23(28)25-19)13-16-8-6-7-15(4)9-16/h6-12,14H,5,13H2,1-4H3,(H,25,28)/b19-11+. The predicted molar refractivity (Wildman–Crippen MR) is 117 cm³/mol. The largest absolute Gasteiger partial charge is 0.490 e. The minimum absolute atomic E-state index is 0.0724.